The molecule has 0 saturated heterocycles. The topological polar surface area (TPSA) is 22.4 Å². The molecule has 0 fully saturated rings. The molecule has 17 heavy (non-hydrogen) atoms. The van der Waals surface area contributed by atoms with Crippen LogP contribution in [0.4, 0.5) is 0 Å². The van der Waals surface area contributed by atoms with Crippen molar-refractivity contribution in [2.24, 2.45) is 0 Å². The second-order valence-electron chi connectivity index (χ2n) is 4.14. The zero-order valence-electron chi connectivity index (χ0n) is 9.46. The molecule has 1 unspecified atom stereocenters. The fraction of sp³-hybridized carbons (Fsp3) is 0.286. The minimum Gasteiger partial charge on any atom is -0.467 e. The second-order valence-corrected chi connectivity index (χ2v) is 5.20. The highest BCUT2D eigenvalue weighted by atomic mass is 32.2. The molecule has 2 aromatic rings. The van der Waals surface area contributed by atoms with Crippen LogP contribution in [0.15, 0.2) is 52.0 Å². The summed E-state index contributed by atoms with van der Waals surface area (Å²) < 4.78 is 10.9. The number of ether oxygens (including phenoxy) is 1. The molecular weight excluding hydrogens is 232 g/mol. The Labute approximate surface area is 105 Å². The van der Waals surface area contributed by atoms with E-state index in [0.717, 1.165) is 18.1 Å². The van der Waals surface area contributed by atoms with Gasteiger partial charge in [0.1, 0.15) is 12.4 Å². The maximum absolute atomic E-state index is 5.71. The SMILES string of the molecule is c1coc(COCC2CSc3ccccc32)c1. The van der Waals surface area contributed by atoms with Gasteiger partial charge in [-0.05, 0) is 23.8 Å². The van der Waals surface area contributed by atoms with Gasteiger partial charge in [-0.2, -0.15) is 0 Å². The number of thioether (sulfide) groups is 1. The molecule has 1 atom stereocenters. The van der Waals surface area contributed by atoms with Gasteiger partial charge in [0.05, 0.1) is 12.9 Å². The lowest BCUT2D eigenvalue weighted by atomic mass is 10.0. The third-order valence-corrected chi connectivity index (χ3v) is 4.19. The molecular formula is C14H14O2S. The fourth-order valence-corrected chi connectivity index (χ4v) is 3.30. The number of benzene rings is 1. The Balaban J connectivity index is 1.57. The van der Waals surface area contributed by atoms with E-state index in [1.165, 1.54) is 10.5 Å². The van der Waals surface area contributed by atoms with Gasteiger partial charge >= 0.3 is 0 Å². The van der Waals surface area contributed by atoms with Crippen LogP contribution in [0.3, 0.4) is 0 Å². The van der Waals surface area contributed by atoms with Gasteiger partial charge in [0.15, 0.2) is 0 Å². The minimum absolute atomic E-state index is 0.520. The van der Waals surface area contributed by atoms with Gasteiger partial charge in [-0.25, -0.2) is 0 Å². The van der Waals surface area contributed by atoms with Crippen LogP contribution in [0.1, 0.15) is 17.2 Å². The zero-order valence-corrected chi connectivity index (χ0v) is 10.3. The van der Waals surface area contributed by atoms with Crippen molar-refractivity contribution in [3.8, 4) is 0 Å². The van der Waals surface area contributed by atoms with Crippen LogP contribution in [0.5, 0.6) is 0 Å². The fourth-order valence-electron chi connectivity index (χ4n) is 2.06. The maximum Gasteiger partial charge on any atom is 0.129 e. The van der Waals surface area contributed by atoms with Crippen LogP contribution in [-0.4, -0.2) is 12.4 Å². The summed E-state index contributed by atoms with van der Waals surface area (Å²) in [4.78, 5) is 1.40. The van der Waals surface area contributed by atoms with E-state index in [-0.39, 0.29) is 0 Å². The van der Waals surface area contributed by atoms with Gasteiger partial charge in [0.25, 0.3) is 0 Å². The summed E-state index contributed by atoms with van der Waals surface area (Å²) >= 11 is 1.92. The van der Waals surface area contributed by atoms with E-state index in [0.29, 0.717) is 12.5 Å². The number of hydrogen-bond donors (Lipinski definition) is 0. The van der Waals surface area contributed by atoms with Crippen LogP contribution in [0, 0.1) is 0 Å². The highest BCUT2D eigenvalue weighted by Crippen LogP contribution is 2.39. The highest BCUT2D eigenvalue weighted by molar-refractivity contribution is 7.99. The van der Waals surface area contributed by atoms with E-state index in [1.807, 2.05) is 23.9 Å². The van der Waals surface area contributed by atoms with Crippen molar-refractivity contribution in [2.45, 2.75) is 17.4 Å². The number of furan rings is 1. The van der Waals surface area contributed by atoms with Crippen molar-refractivity contribution < 1.29 is 9.15 Å². The van der Waals surface area contributed by atoms with E-state index in [9.17, 15) is 0 Å². The Hall–Kier alpha value is -1.19. The van der Waals surface area contributed by atoms with Crippen LogP contribution in [-0.2, 0) is 11.3 Å². The van der Waals surface area contributed by atoms with Crippen molar-refractivity contribution in [2.75, 3.05) is 12.4 Å². The van der Waals surface area contributed by atoms with E-state index < -0.39 is 0 Å². The molecule has 3 heteroatoms. The number of hydrogen-bond acceptors (Lipinski definition) is 3. The molecule has 1 aliphatic rings. The summed E-state index contributed by atoms with van der Waals surface area (Å²) in [6.45, 7) is 1.33. The molecule has 2 nitrogen and oxygen atoms in total. The van der Waals surface area contributed by atoms with Gasteiger partial charge in [-0.15, -0.1) is 11.8 Å². The molecule has 1 aromatic heterocycles. The Morgan fingerprint density at radius 2 is 2.18 bits per heavy atom. The lowest BCUT2D eigenvalue weighted by Gasteiger charge is -2.10. The Bertz CT molecular complexity index is 479. The van der Waals surface area contributed by atoms with Crippen molar-refractivity contribution in [1.29, 1.82) is 0 Å². The molecule has 0 spiro atoms. The lowest BCUT2D eigenvalue weighted by molar-refractivity contribution is 0.0975. The monoisotopic (exact) mass is 246 g/mol. The Morgan fingerprint density at radius 3 is 3.06 bits per heavy atom. The first-order valence-electron chi connectivity index (χ1n) is 5.75. The van der Waals surface area contributed by atoms with Crippen LogP contribution in [0.2, 0.25) is 0 Å². The Morgan fingerprint density at radius 1 is 1.24 bits per heavy atom. The first-order valence-corrected chi connectivity index (χ1v) is 6.74. The molecule has 0 bridgehead atoms. The van der Waals surface area contributed by atoms with Gasteiger partial charge in [0, 0.05) is 16.6 Å². The van der Waals surface area contributed by atoms with Crippen LogP contribution >= 0.6 is 11.8 Å². The third kappa shape index (κ3) is 2.40. The van der Waals surface area contributed by atoms with Gasteiger partial charge in [0.2, 0.25) is 0 Å². The Kier molecular flexibility index (Phi) is 3.20. The quantitative estimate of drug-likeness (QED) is 0.821. The largest absolute Gasteiger partial charge is 0.467 e. The molecule has 2 heterocycles. The van der Waals surface area contributed by atoms with E-state index in [4.69, 9.17) is 9.15 Å². The van der Waals surface area contributed by atoms with Crippen LogP contribution < -0.4 is 0 Å². The summed E-state index contributed by atoms with van der Waals surface area (Å²) in [6.07, 6.45) is 1.68. The summed E-state index contributed by atoms with van der Waals surface area (Å²) in [5.74, 6) is 2.53. The minimum atomic E-state index is 0.520. The number of rotatable bonds is 4. The van der Waals surface area contributed by atoms with Crippen molar-refractivity contribution >= 4 is 11.8 Å². The summed E-state index contributed by atoms with van der Waals surface area (Å²) in [5.41, 5.74) is 1.43. The smallest absolute Gasteiger partial charge is 0.129 e. The summed E-state index contributed by atoms with van der Waals surface area (Å²) in [5, 5.41) is 0. The molecule has 0 aliphatic carbocycles. The van der Waals surface area contributed by atoms with E-state index >= 15 is 0 Å². The average molecular weight is 246 g/mol. The van der Waals surface area contributed by atoms with Crippen molar-refractivity contribution in [3.63, 3.8) is 0 Å². The average Bonchev–Trinajstić information content (AvgIpc) is 2.99. The normalized spacial score (nSPS) is 18.2. The number of fused-ring (bicyclic) bond motifs is 1. The standard InChI is InChI=1S/C14H14O2S/c1-2-6-14-13(5-1)11(10-17-14)8-15-9-12-4-3-7-16-12/h1-7,11H,8-10H2. The third-order valence-electron chi connectivity index (χ3n) is 2.94. The van der Waals surface area contributed by atoms with Gasteiger partial charge in [-0.3, -0.25) is 0 Å². The predicted octanol–water partition coefficient (Wildman–Crippen LogP) is 3.69. The molecule has 88 valence electrons. The second kappa shape index (κ2) is 4.98. The molecule has 0 radical (unpaired) electrons. The van der Waals surface area contributed by atoms with E-state index in [1.54, 1.807) is 6.26 Å². The first kappa shape index (κ1) is 10.9. The molecule has 1 aliphatic heterocycles. The van der Waals surface area contributed by atoms with Crippen LogP contribution in [0.25, 0.3) is 0 Å². The van der Waals surface area contributed by atoms with Gasteiger partial charge < -0.3 is 9.15 Å². The molecule has 3 rings (SSSR count). The summed E-state index contributed by atoms with van der Waals surface area (Å²) in [7, 11) is 0. The van der Waals surface area contributed by atoms with E-state index in [2.05, 4.69) is 24.3 Å². The maximum atomic E-state index is 5.71. The highest BCUT2D eigenvalue weighted by Gasteiger charge is 2.22. The van der Waals surface area contributed by atoms with Crippen molar-refractivity contribution in [1.82, 2.24) is 0 Å². The zero-order chi connectivity index (χ0) is 11.5. The summed E-state index contributed by atoms with van der Waals surface area (Å²) in [6, 6.07) is 12.4. The molecule has 0 N–H and O–H groups in total. The molecule has 1 aromatic carbocycles. The predicted molar refractivity (Wildman–Crippen MR) is 68.3 cm³/mol. The van der Waals surface area contributed by atoms with Crippen molar-refractivity contribution in [3.05, 3.63) is 54.0 Å². The lowest BCUT2D eigenvalue weighted by Crippen LogP contribution is -2.07. The molecule has 0 saturated carbocycles. The molecule has 0 amide bonds. The first-order chi connectivity index (χ1) is 8.43. The van der Waals surface area contributed by atoms with Gasteiger partial charge in [-0.1, -0.05) is 18.2 Å².